The smallest absolute Gasteiger partial charge is 0.268 e. The number of nitrogens with two attached hydrogens (primary N) is 1. The number of rotatable bonds is 3. The molecule has 6 heteroatoms. The van der Waals surface area contributed by atoms with Crippen molar-refractivity contribution in [1.29, 1.82) is 0 Å². The van der Waals surface area contributed by atoms with Crippen molar-refractivity contribution in [2.24, 2.45) is 5.84 Å². The number of nitrogen functional groups attached to an aromatic ring is 1. The SMILES string of the molecule is NNC(=O)c1coc(CN2CCOc3ccccc3C2)c1. The van der Waals surface area contributed by atoms with E-state index in [0.29, 0.717) is 18.7 Å². The molecule has 0 unspecified atom stereocenters. The van der Waals surface area contributed by atoms with Crippen LogP contribution in [-0.4, -0.2) is 24.0 Å². The number of ether oxygens (including phenoxy) is 1. The van der Waals surface area contributed by atoms with Crippen molar-refractivity contribution in [3.05, 3.63) is 53.5 Å². The Labute approximate surface area is 122 Å². The summed E-state index contributed by atoms with van der Waals surface area (Å²) in [5.41, 5.74) is 3.67. The lowest BCUT2D eigenvalue weighted by Gasteiger charge is -2.17. The third kappa shape index (κ3) is 3.07. The molecule has 6 nitrogen and oxygen atoms in total. The lowest BCUT2D eigenvalue weighted by Crippen LogP contribution is -2.29. The van der Waals surface area contributed by atoms with Crippen LogP contribution in [0.3, 0.4) is 0 Å². The zero-order valence-corrected chi connectivity index (χ0v) is 11.5. The summed E-state index contributed by atoms with van der Waals surface area (Å²) in [6, 6.07) is 9.72. The topological polar surface area (TPSA) is 80.7 Å². The predicted molar refractivity (Wildman–Crippen MR) is 76.4 cm³/mol. The van der Waals surface area contributed by atoms with Crippen LogP contribution in [0.4, 0.5) is 0 Å². The number of hydrogen-bond donors (Lipinski definition) is 2. The van der Waals surface area contributed by atoms with Gasteiger partial charge in [0.15, 0.2) is 0 Å². The van der Waals surface area contributed by atoms with Crippen molar-refractivity contribution < 1.29 is 13.9 Å². The van der Waals surface area contributed by atoms with Crippen LogP contribution >= 0.6 is 0 Å². The van der Waals surface area contributed by atoms with Crippen LogP contribution in [0, 0.1) is 0 Å². The quantitative estimate of drug-likeness (QED) is 0.505. The third-order valence-electron chi connectivity index (χ3n) is 3.46. The fraction of sp³-hybridized carbons (Fsp3) is 0.267. The molecule has 0 atom stereocenters. The van der Waals surface area contributed by atoms with Crippen molar-refractivity contribution in [3.63, 3.8) is 0 Å². The minimum absolute atomic E-state index is 0.352. The van der Waals surface area contributed by atoms with Crippen LogP contribution < -0.4 is 16.0 Å². The fourth-order valence-electron chi connectivity index (χ4n) is 2.40. The van der Waals surface area contributed by atoms with E-state index >= 15 is 0 Å². The number of amides is 1. The molecule has 0 radical (unpaired) electrons. The summed E-state index contributed by atoms with van der Waals surface area (Å²) in [4.78, 5) is 13.6. The molecule has 21 heavy (non-hydrogen) atoms. The molecule has 3 rings (SSSR count). The van der Waals surface area contributed by atoms with E-state index in [-0.39, 0.29) is 5.91 Å². The van der Waals surface area contributed by atoms with Gasteiger partial charge in [0.2, 0.25) is 0 Å². The Morgan fingerprint density at radius 3 is 3.10 bits per heavy atom. The first-order valence-electron chi connectivity index (χ1n) is 6.77. The normalized spacial score (nSPS) is 14.9. The highest BCUT2D eigenvalue weighted by Crippen LogP contribution is 2.23. The Morgan fingerprint density at radius 2 is 2.24 bits per heavy atom. The van der Waals surface area contributed by atoms with E-state index < -0.39 is 0 Å². The number of furan rings is 1. The molecule has 2 aromatic rings. The van der Waals surface area contributed by atoms with Gasteiger partial charge >= 0.3 is 0 Å². The lowest BCUT2D eigenvalue weighted by molar-refractivity contribution is 0.0953. The van der Waals surface area contributed by atoms with Crippen molar-refractivity contribution in [1.82, 2.24) is 10.3 Å². The summed E-state index contributed by atoms with van der Waals surface area (Å²) in [5.74, 6) is 6.41. The average molecular weight is 287 g/mol. The summed E-state index contributed by atoms with van der Waals surface area (Å²) in [6.07, 6.45) is 1.42. The van der Waals surface area contributed by atoms with Crippen LogP contribution in [-0.2, 0) is 13.1 Å². The van der Waals surface area contributed by atoms with Crippen LogP contribution in [0.1, 0.15) is 21.7 Å². The maximum Gasteiger partial charge on any atom is 0.268 e. The van der Waals surface area contributed by atoms with Crippen LogP contribution in [0.15, 0.2) is 41.0 Å². The van der Waals surface area contributed by atoms with Crippen LogP contribution in [0.2, 0.25) is 0 Å². The molecular weight excluding hydrogens is 270 g/mol. The third-order valence-corrected chi connectivity index (χ3v) is 3.46. The molecule has 1 aromatic carbocycles. The van der Waals surface area contributed by atoms with Crippen LogP contribution in [0.25, 0.3) is 0 Å². The predicted octanol–water partition coefficient (Wildman–Crippen LogP) is 1.28. The second kappa shape index (κ2) is 5.99. The first kappa shape index (κ1) is 13.7. The van der Waals surface area contributed by atoms with Crippen molar-refractivity contribution in [2.75, 3.05) is 13.2 Å². The van der Waals surface area contributed by atoms with Gasteiger partial charge in [0.1, 0.15) is 24.4 Å². The van der Waals surface area contributed by atoms with Gasteiger partial charge in [-0.15, -0.1) is 0 Å². The maximum atomic E-state index is 11.4. The number of hydrogen-bond acceptors (Lipinski definition) is 5. The van der Waals surface area contributed by atoms with Gasteiger partial charge in [-0.05, 0) is 12.1 Å². The molecule has 110 valence electrons. The van der Waals surface area contributed by atoms with Gasteiger partial charge in [-0.2, -0.15) is 0 Å². The lowest BCUT2D eigenvalue weighted by atomic mass is 10.2. The van der Waals surface area contributed by atoms with Gasteiger partial charge in [0, 0.05) is 18.7 Å². The Hall–Kier alpha value is -2.31. The number of hydrazine groups is 1. The Morgan fingerprint density at radius 1 is 1.38 bits per heavy atom. The molecule has 0 saturated carbocycles. The summed E-state index contributed by atoms with van der Waals surface area (Å²) in [6.45, 7) is 2.84. The monoisotopic (exact) mass is 287 g/mol. The highest BCUT2D eigenvalue weighted by Gasteiger charge is 2.17. The molecule has 0 fully saturated rings. The largest absolute Gasteiger partial charge is 0.492 e. The van der Waals surface area contributed by atoms with E-state index in [9.17, 15) is 4.79 Å². The number of benzene rings is 1. The number of carbonyl (C=O) groups is 1. The summed E-state index contributed by atoms with van der Waals surface area (Å²) >= 11 is 0. The minimum Gasteiger partial charge on any atom is -0.492 e. The van der Waals surface area contributed by atoms with Crippen LogP contribution in [0.5, 0.6) is 5.75 Å². The van der Waals surface area contributed by atoms with Gasteiger partial charge in [-0.3, -0.25) is 15.1 Å². The first-order chi connectivity index (χ1) is 10.3. The first-order valence-corrected chi connectivity index (χ1v) is 6.77. The molecule has 0 spiro atoms. The molecule has 1 amide bonds. The van der Waals surface area contributed by atoms with Gasteiger partial charge in [0.05, 0.1) is 12.1 Å². The average Bonchev–Trinajstić information content (AvgIpc) is 2.86. The van der Waals surface area contributed by atoms with E-state index in [1.165, 1.54) is 6.26 Å². The number of nitrogens with zero attached hydrogens (tertiary/aromatic N) is 1. The number of fused-ring (bicyclic) bond motifs is 1. The van der Waals surface area contributed by atoms with Gasteiger partial charge in [-0.25, -0.2) is 5.84 Å². The van der Waals surface area contributed by atoms with E-state index in [4.69, 9.17) is 15.0 Å². The van der Waals surface area contributed by atoms with Crippen molar-refractivity contribution in [3.8, 4) is 5.75 Å². The molecular formula is C15H17N3O3. The zero-order valence-electron chi connectivity index (χ0n) is 11.5. The number of para-hydroxylation sites is 1. The Balaban J connectivity index is 1.70. The Kier molecular flexibility index (Phi) is 3.89. The van der Waals surface area contributed by atoms with E-state index in [1.54, 1.807) is 6.07 Å². The highest BCUT2D eigenvalue weighted by atomic mass is 16.5. The van der Waals surface area contributed by atoms with E-state index in [1.807, 2.05) is 18.2 Å². The molecule has 1 aromatic heterocycles. The molecule has 0 saturated heterocycles. The molecule has 0 bridgehead atoms. The molecule has 1 aliphatic heterocycles. The molecule has 1 aliphatic rings. The van der Waals surface area contributed by atoms with Gasteiger partial charge in [-0.1, -0.05) is 18.2 Å². The fourth-order valence-corrected chi connectivity index (χ4v) is 2.40. The number of carbonyl (C=O) groups excluding carboxylic acids is 1. The molecule has 3 N–H and O–H groups in total. The van der Waals surface area contributed by atoms with Crippen molar-refractivity contribution >= 4 is 5.91 Å². The summed E-state index contributed by atoms with van der Waals surface area (Å²) < 4.78 is 11.1. The Bertz CT molecular complexity index is 639. The standard InChI is InChI=1S/C15H17N3O3/c16-17-15(19)12-7-13(21-10-12)9-18-5-6-20-14-4-2-1-3-11(14)8-18/h1-4,7,10H,5-6,8-9,16H2,(H,17,19). The second-order valence-corrected chi connectivity index (χ2v) is 4.94. The van der Waals surface area contributed by atoms with Gasteiger partial charge < -0.3 is 9.15 Å². The molecule has 2 heterocycles. The zero-order chi connectivity index (χ0) is 14.7. The minimum atomic E-state index is -0.352. The van der Waals surface area contributed by atoms with E-state index in [2.05, 4.69) is 16.4 Å². The number of nitrogens with one attached hydrogen (secondary N) is 1. The maximum absolute atomic E-state index is 11.4. The second-order valence-electron chi connectivity index (χ2n) is 4.94. The van der Waals surface area contributed by atoms with E-state index in [0.717, 1.165) is 30.2 Å². The summed E-state index contributed by atoms with van der Waals surface area (Å²) in [5, 5.41) is 0. The molecule has 0 aliphatic carbocycles. The van der Waals surface area contributed by atoms with Gasteiger partial charge in [0.25, 0.3) is 5.91 Å². The summed E-state index contributed by atoms with van der Waals surface area (Å²) in [7, 11) is 0. The van der Waals surface area contributed by atoms with Crippen molar-refractivity contribution in [2.45, 2.75) is 13.1 Å². The highest BCUT2D eigenvalue weighted by molar-refractivity contribution is 5.93.